The van der Waals surface area contributed by atoms with Crippen LogP contribution in [0.2, 0.25) is 0 Å². The molecule has 0 bridgehead atoms. The van der Waals surface area contributed by atoms with Crippen molar-refractivity contribution in [1.82, 2.24) is 14.5 Å². The molecule has 1 aromatic carbocycles. The Kier molecular flexibility index (Phi) is 5.23. The molecule has 2 N–H and O–H groups in total. The molecule has 0 fully saturated rings. The van der Waals surface area contributed by atoms with Gasteiger partial charge in [0.25, 0.3) is 0 Å². The molecule has 1 unspecified atom stereocenters. The number of methoxy groups -OCH3 is 1. The Morgan fingerprint density at radius 1 is 1.20 bits per heavy atom. The number of hydrogen-bond acceptors (Lipinski definition) is 4. The van der Waals surface area contributed by atoms with Crippen molar-refractivity contribution in [2.24, 2.45) is 5.92 Å². The lowest BCUT2D eigenvalue weighted by atomic mass is 10.1. The molecule has 25 heavy (non-hydrogen) atoms. The monoisotopic (exact) mass is 340 g/mol. The van der Waals surface area contributed by atoms with E-state index >= 15 is 0 Å². The zero-order valence-electron chi connectivity index (χ0n) is 15.6. The van der Waals surface area contributed by atoms with Crippen LogP contribution in [0.15, 0.2) is 24.3 Å². The average molecular weight is 340 g/mol. The van der Waals surface area contributed by atoms with Crippen LogP contribution in [-0.4, -0.2) is 21.6 Å². The normalized spacial score (nSPS) is 13.2. The van der Waals surface area contributed by atoms with Gasteiger partial charge in [-0.3, -0.25) is 0 Å². The number of nitrogens with zero attached hydrogens (tertiary/aromatic N) is 3. The third-order valence-electron chi connectivity index (χ3n) is 4.58. The molecule has 3 aromatic rings. The number of rotatable bonds is 7. The van der Waals surface area contributed by atoms with Crippen LogP contribution in [0.4, 0.5) is 5.82 Å². The third-order valence-corrected chi connectivity index (χ3v) is 4.58. The second-order valence-corrected chi connectivity index (χ2v) is 7.05. The molecule has 5 nitrogen and oxygen atoms in total. The van der Waals surface area contributed by atoms with Crippen LogP contribution in [0.1, 0.15) is 52.0 Å². The number of pyridine rings is 1. The molecule has 0 aliphatic heterocycles. The molecule has 3 rings (SSSR count). The van der Waals surface area contributed by atoms with E-state index in [9.17, 15) is 0 Å². The number of hydrogen-bond donors (Lipinski definition) is 1. The van der Waals surface area contributed by atoms with Gasteiger partial charge in [0, 0.05) is 19.0 Å². The smallest absolute Gasteiger partial charge is 0.152 e. The molecule has 0 radical (unpaired) electrons. The van der Waals surface area contributed by atoms with Gasteiger partial charge in [-0.1, -0.05) is 51.8 Å². The first-order valence-corrected chi connectivity index (χ1v) is 9.13. The summed E-state index contributed by atoms with van der Waals surface area (Å²) in [5.74, 6) is 1.94. The average Bonchev–Trinajstić information content (AvgIpc) is 2.95. The summed E-state index contributed by atoms with van der Waals surface area (Å²) in [6, 6.07) is 8.13. The van der Waals surface area contributed by atoms with Crippen LogP contribution >= 0.6 is 0 Å². The van der Waals surface area contributed by atoms with Crippen molar-refractivity contribution in [2.75, 3.05) is 12.8 Å². The molecular formula is C20H28N4O. The number of nitrogens with two attached hydrogens (primary N) is 1. The molecule has 0 spiro atoms. The van der Waals surface area contributed by atoms with Gasteiger partial charge in [-0.15, -0.1) is 0 Å². The highest BCUT2D eigenvalue weighted by Gasteiger charge is 2.23. The molecule has 0 aliphatic carbocycles. The van der Waals surface area contributed by atoms with Gasteiger partial charge < -0.3 is 15.0 Å². The second kappa shape index (κ2) is 7.40. The maximum Gasteiger partial charge on any atom is 0.152 e. The molecule has 0 amide bonds. The Balaban J connectivity index is 2.29. The van der Waals surface area contributed by atoms with Gasteiger partial charge in [0.1, 0.15) is 17.4 Å². The minimum atomic E-state index is -0.0238. The van der Waals surface area contributed by atoms with Gasteiger partial charge in [-0.2, -0.15) is 0 Å². The Bertz CT molecular complexity index is 869. The number of imidazole rings is 1. The molecular weight excluding hydrogens is 312 g/mol. The quantitative estimate of drug-likeness (QED) is 0.677. The van der Waals surface area contributed by atoms with Gasteiger partial charge in [-0.05, 0) is 18.4 Å². The van der Waals surface area contributed by atoms with Crippen LogP contribution in [0.25, 0.3) is 21.9 Å². The topological polar surface area (TPSA) is 66.0 Å². The van der Waals surface area contributed by atoms with Gasteiger partial charge >= 0.3 is 0 Å². The number of aromatic nitrogens is 3. The summed E-state index contributed by atoms with van der Waals surface area (Å²) in [5, 5.41) is 1.09. The number of fused-ring (bicyclic) bond motifs is 3. The molecule has 2 aromatic heterocycles. The van der Waals surface area contributed by atoms with E-state index in [1.165, 1.54) is 0 Å². The van der Waals surface area contributed by atoms with Crippen LogP contribution in [-0.2, 0) is 11.3 Å². The SMILES string of the molecule is CCCCC(OC)c1nc2c(N)nc3ccccc3c2n1CC(C)C. The highest BCUT2D eigenvalue weighted by molar-refractivity contribution is 6.06. The maximum absolute atomic E-state index is 6.25. The molecule has 134 valence electrons. The Morgan fingerprint density at radius 2 is 1.96 bits per heavy atom. The summed E-state index contributed by atoms with van der Waals surface area (Å²) in [6.07, 6.45) is 3.18. The summed E-state index contributed by atoms with van der Waals surface area (Å²) in [7, 11) is 1.76. The highest BCUT2D eigenvalue weighted by atomic mass is 16.5. The standard InChI is InChI=1S/C20H28N4O/c1-5-6-11-16(25-4)20-23-17-18(24(20)12-13(2)3)14-9-7-8-10-15(14)22-19(17)21/h7-10,13,16H,5-6,11-12H2,1-4H3,(H2,21,22). The van der Waals surface area contributed by atoms with Crippen molar-refractivity contribution < 1.29 is 4.74 Å². The number of anilines is 1. The largest absolute Gasteiger partial charge is 0.382 e. The first-order chi connectivity index (χ1) is 12.1. The summed E-state index contributed by atoms with van der Waals surface area (Å²) in [5.41, 5.74) is 9.02. The van der Waals surface area contributed by atoms with Crippen LogP contribution < -0.4 is 5.73 Å². The highest BCUT2D eigenvalue weighted by Crippen LogP contribution is 2.33. The van der Waals surface area contributed by atoms with Gasteiger partial charge in [0.15, 0.2) is 5.82 Å². The van der Waals surface area contributed by atoms with Crippen molar-refractivity contribution in [3.63, 3.8) is 0 Å². The fourth-order valence-electron chi connectivity index (χ4n) is 3.41. The number of ether oxygens (including phenoxy) is 1. The fourth-order valence-corrected chi connectivity index (χ4v) is 3.41. The van der Waals surface area contributed by atoms with E-state index in [1.54, 1.807) is 7.11 Å². The van der Waals surface area contributed by atoms with E-state index in [0.29, 0.717) is 11.7 Å². The Hall–Kier alpha value is -2.14. The molecule has 0 saturated heterocycles. The van der Waals surface area contributed by atoms with E-state index in [1.807, 2.05) is 18.2 Å². The molecule has 2 heterocycles. The zero-order chi connectivity index (χ0) is 18.0. The van der Waals surface area contributed by atoms with E-state index < -0.39 is 0 Å². The number of benzene rings is 1. The van der Waals surface area contributed by atoms with Crippen LogP contribution in [0, 0.1) is 5.92 Å². The number of para-hydroxylation sites is 1. The lowest BCUT2D eigenvalue weighted by Gasteiger charge is -2.18. The van der Waals surface area contributed by atoms with Crippen molar-refractivity contribution >= 4 is 27.8 Å². The molecule has 0 saturated carbocycles. The van der Waals surface area contributed by atoms with E-state index in [-0.39, 0.29) is 6.10 Å². The summed E-state index contributed by atoms with van der Waals surface area (Å²) >= 11 is 0. The fraction of sp³-hybridized carbons (Fsp3) is 0.500. The van der Waals surface area contributed by atoms with Crippen LogP contribution in [0.5, 0.6) is 0 Å². The first-order valence-electron chi connectivity index (χ1n) is 9.13. The van der Waals surface area contributed by atoms with Crippen molar-refractivity contribution in [3.8, 4) is 0 Å². The lowest BCUT2D eigenvalue weighted by Crippen LogP contribution is -2.14. The summed E-state index contributed by atoms with van der Waals surface area (Å²) < 4.78 is 8.09. The van der Waals surface area contributed by atoms with E-state index in [4.69, 9.17) is 15.5 Å². The second-order valence-electron chi connectivity index (χ2n) is 7.05. The minimum absolute atomic E-state index is 0.0238. The number of nitrogen functional groups attached to an aromatic ring is 1. The lowest BCUT2D eigenvalue weighted by molar-refractivity contribution is 0.0830. The Morgan fingerprint density at radius 3 is 2.64 bits per heavy atom. The predicted molar refractivity (Wildman–Crippen MR) is 104 cm³/mol. The van der Waals surface area contributed by atoms with E-state index in [0.717, 1.165) is 53.6 Å². The first kappa shape index (κ1) is 17.7. The van der Waals surface area contributed by atoms with E-state index in [2.05, 4.69) is 36.4 Å². The molecule has 0 aliphatic rings. The van der Waals surface area contributed by atoms with Gasteiger partial charge in [-0.25, -0.2) is 9.97 Å². The maximum atomic E-state index is 6.25. The van der Waals surface area contributed by atoms with Crippen molar-refractivity contribution in [1.29, 1.82) is 0 Å². The zero-order valence-corrected chi connectivity index (χ0v) is 15.6. The molecule has 5 heteroatoms. The summed E-state index contributed by atoms with van der Waals surface area (Å²) in [4.78, 5) is 9.44. The molecule has 1 atom stereocenters. The van der Waals surface area contributed by atoms with Crippen LogP contribution in [0.3, 0.4) is 0 Å². The van der Waals surface area contributed by atoms with Gasteiger partial charge in [0.05, 0.1) is 11.0 Å². The van der Waals surface area contributed by atoms with Crippen molar-refractivity contribution in [3.05, 3.63) is 30.1 Å². The minimum Gasteiger partial charge on any atom is -0.382 e. The van der Waals surface area contributed by atoms with Gasteiger partial charge in [0.2, 0.25) is 0 Å². The van der Waals surface area contributed by atoms with Crippen molar-refractivity contribution in [2.45, 2.75) is 52.7 Å². The third kappa shape index (κ3) is 3.33. The summed E-state index contributed by atoms with van der Waals surface area (Å²) in [6.45, 7) is 7.51. The number of unbranched alkanes of at least 4 members (excludes halogenated alkanes) is 1. The predicted octanol–water partition coefficient (Wildman–Crippen LogP) is 4.70. The Labute approximate surface area is 149 Å².